The lowest BCUT2D eigenvalue weighted by Crippen LogP contribution is -2.15. The standard InChI is InChI=1S/C14H6BrF5O2/c15-7-3-1-2-6(4-7)5-8(21)22-14-12(19)10(17)9(16)11(18)13(14)20/h1-4H,5H2. The SMILES string of the molecule is O=C(Cc1cccc(Br)c1)Oc1c(F)c(F)c(F)c(F)c1F. The molecule has 2 aromatic carbocycles. The van der Waals surface area contributed by atoms with Crippen molar-refractivity contribution < 1.29 is 31.5 Å². The smallest absolute Gasteiger partial charge is 0.315 e. The minimum atomic E-state index is -2.32. The summed E-state index contributed by atoms with van der Waals surface area (Å²) in [5.41, 5.74) is 0.434. The normalized spacial score (nSPS) is 10.6. The summed E-state index contributed by atoms with van der Waals surface area (Å²) in [5.74, 6) is -13.8. The average Bonchev–Trinajstić information content (AvgIpc) is 2.47. The van der Waals surface area contributed by atoms with E-state index in [1.54, 1.807) is 18.2 Å². The van der Waals surface area contributed by atoms with E-state index in [1.165, 1.54) is 6.07 Å². The lowest BCUT2D eigenvalue weighted by atomic mass is 10.1. The second kappa shape index (κ2) is 6.43. The van der Waals surface area contributed by atoms with Gasteiger partial charge in [-0.1, -0.05) is 28.1 Å². The maximum atomic E-state index is 13.4. The Morgan fingerprint density at radius 3 is 2.05 bits per heavy atom. The molecular formula is C14H6BrF5O2. The van der Waals surface area contributed by atoms with Crippen molar-refractivity contribution in [3.8, 4) is 5.75 Å². The number of carbonyl (C=O) groups is 1. The molecule has 0 bridgehead atoms. The first-order valence-electron chi connectivity index (χ1n) is 5.77. The molecule has 0 amide bonds. The molecule has 0 heterocycles. The molecule has 0 radical (unpaired) electrons. The largest absolute Gasteiger partial charge is 0.420 e. The summed E-state index contributed by atoms with van der Waals surface area (Å²) in [6.07, 6.45) is -0.404. The first-order valence-corrected chi connectivity index (χ1v) is 6.57. The van der Waals surface area contributed by atoms with Gasteiger partial charge in [0, 0.05) is 4.47 Å². The molecule has 0 aliphatic carbocycles. The number of rotatable bonds is 3. The van der Waals surface area contributed by atoms with Crippen molar-refractivity contribution >= 4 is 21.9 Å². The Bertz CT molecular complexity index is 719. The molecule has 0 N–H and O–H groups in total. The zero-order chi connectivity index (χ0) is 16.4. The molecule has 0 saturated heterocycles. The van der Waals surface area contributed by atoms with E-state index in [-0.39, 0.29) is 0 Å². The summed E-state index contributed by atoms with van der Waals surface area (Å²) in [6.45, 7) is 0. The van der Waals surface area contributed by atoms with Crippen LogP contribution in [0.4, 0.5) is 22.0 Å². The Hall–Kier alpha value is -1.96. The van der Waals surface area contributed by atoms with Gasteiger partial charge in [-0.15, -0.1) is 0 Å². The Morgan fingerprint density at radius 2 is 1.50 bits per heavy atom. The number of esters is 1. The molecule has 0 aliphatic heterocycles. The molecule has 0 saturated carbocycles. The summed E-state index contributed by atoms with van der Waals surface area (Å²) in [5, 5.41) is 0. The molecule has 2 nitrogen and oxygen atoms in total. The Morgan fingerprint density at radius 1 is 0.955 bits per heavy atom. The van der Waals surface area contributed by atoms with E-state index >= 15 is 0 Å². The number of benzene rings is 2. The van der Waals surface area contributed by atoms with Gasteiger partial charge in [0.1, 0.15) is 0 Å². The molecule has 0 aliphatic rings. The molecule has 0 unspecified atom stereocenters. The van der Waals surface area contributed by atoms with Crippen molar-refractivity contribution in [1.29, 1.82) is 0 Å². The van der Waals surface area contributed by atoms with E-state index < -0.39 is 47.2 Å². The van der Waals surface area contributed by atoms with Gasteiger partial charge in [0.05, 0.1) is 6.42 Å². The van der Waals surface area contributed by atoms with Crippen molar-refractivity contribution in [3.05, 3.63) is 63.4 Å². The van der Waals surface area contributed by atoms with Gasteiger partial charge in [-0.05, 0) is 17.7 Å². The minimum absolute atomic E-state index is 0.404. The van der Waals surface area contributed by atoms with Crippen LogP contribution in [0.1, 0.15) is 5.56 Å². The minimum Gasteiger partial charge on any atom is -0.420 e. The van der Waals surface area contributed by atoms with Crippen LogP contribution in [0.3, 0.4) is 0 Å². The highest BCUT2D eigenvalue weighted by molar-refractivity contribution is 9.10. The Balaban J connectivity index is 2.26. The predicted octanol–water partition coefficient (Wildman–Crippen LogP) is 4.29. The second-order valence-electron chi connectivity index (χ2n) is 4.18. The van der Waals surface area contributed by atoms with E-state index in [4.69, 9.17) is 0 Å². The van der Waals surface area contributed by atoms with Crippen LogP contribution in [0.15, 0.2) is 28.7 Å². The monoisotopic (exact) mass is 380 g/mol. The predicted molar refractivity (Wildman–Crippen MR) is 69.7 cm³/mol. The van der Waals surface area contributed by atoms with Gasteiger partial charge in [-0.3, -0.25) is 4.79 Å². The van der Waals surface area contributed by atoms with E-state index in [2.05, 4.69) is 20.7 Å². The van der Waals surface area contributed by atoms with Crippen LogP contribution in [-0.4, -0.2) is 5.97 Å². The van der Waals surface area contributed by atoms with Crippen LogP contribution in [0.25, 0.3) is 0 Å². The highest BCUT2D eigenvalue weighted by Gasteiger charge is 2.28. The summed E-state index contributed by atoms with van der Waals surface area (Å²) in [7, 11) is 0. The van der Waals surface area contributed by atoms with Crippen molar-refractivity contribution in [2.24, 2.45) is 0 Å². The molecule has 2 aromatic rings. The number of ether oxygens (including phenoxy) is 1. The highest BCUT2D eigenvalue weighted by atomic mass is 79.9. The van der Waals surface area contributed by atoms with Crippen LogP contribution in [0.5, 0.6) is 5.75 Å². The van der Waals surface area contributed by atoms with Gasteiger partial charge < -0.3 is 4.74 Å². The van der Waals surface area contributed by atoms with Crippen LogP contribution in [0, 0.1) is 29.1 Å². The van der Waals surface area contributed by atoms with Crippen molar-refractivity contribution in [2.75, 3.05) is 0 Å². The Kier molecular flexibility index (Phi) is 4.80. The number of hydrogen-bond acceptors (Lipinski definition) is 2. The molecular weight excluding hydrogens is 375 g/mol. The molecule has 22 heavy (non-hydrogen) atoms. The van der Waals surface area contributed by atoms with Crippen molar-refractivity contribution in [2.45, 2.75) is 6.42 Å². The third-order valence-corrected chi connectivity index (χ3v) is 3.12. The first-order chi connectivity index (χ1) is 10.3. The van der Waals surface area contributed by atoms with Crippen LogP contribution >= 0.6 is 15.9 Å². The molecule has 0 fully saturated rings. The van der Waals surface area contributed by atoms with E-state index in [0.29, 0.717) is 10.0 Å². The third kappa shape index (κ3) is 3.27. The zero-order valence-electron chi connectivity index (χ0n) is 10.6. The number of hydrogen-bond donors (Lipinski definition) is 0. The van der Waals surface area contributed by atoms with Gasteiger partial charge >= 0.3 is 5.97 Å². The van der Waals surface area contributed by atoms with Gasteiger partial charge in [0.2, 0.25) is 34.8 Å². The molecule has 0 atom stereocenters. The number of carbonyl (C=O) groups excluding carboxylic acids is 1. The van der Waals surface area contributed by atoms with Crippen LogP contribution < -0.4 is 4.74 Å². The number of halogens is 6. The van der Waals surface area contributed by atoms with Gasteiger partial charge in [-0.25, -0.2) is 13.2 Å². The summed E-state index contributed by atoms with van der Waals surface area (Å²) < 4.78 is 70.5. The summed E-state index contributed by atoms with van der Waals surface area (Å²) in [4.78, 5) is 11.6. The summed E-state index contributed by atoms with van der Waals surface area (Å²) >= 11 is 3.16. The molecule has 8 heteroatoms. The maximum Gasteiger partial charge on any atom is 0.315 e. The van der Waals surface area contributed by atoms with Crippen molar-refractivity contribution in [3.63, 3.8) is 0 Å². The Labute approximate surface area is 129 Å². The lowest BCUT2D eigenvalue weighted by Gasteiger charge is -2.09. The fourth-order valence-electron chi connectivity index (χ4n) is 1.64. The van der Waals surface area contributed by atoms with E-state index in [1.807, 2.05) is 0 Å². The average molecular weight is 381 g/mol. The fourth-order valence-corrected chi connectivity index (χ4v) is 2.08. The quantitative estimate of drug-likeness (QED) is 0.261. The molecule has 116 valence electrons. The van der Waals surface area contributed by atoms with Gasteiger partial charge in [-0.2, -0.15) is 8.78 Å². The summed E-state index contributed by atoms with van der Waals surface area (Å²) in [6, 6.07) is 6.36. The fraction of sp³-hybridized carbons (Fsp3) is 0.0714. The van der Waals surface area contributed by atoms with Crippen LogP contribution in [0.2, 0.25) is 0 Å². The second-order valence-corrected chi connectivity index (χ2v) is 5.10. The molecule has 0 aromatic heterocycles. The van der Waals surface area contributed by atoms with Gasteiger partial charge in [0.25, 0.3) is 0 Å². The van der Waals surface area contributed by atoms with Crippen LogP contribution in [-0.2, 0) is 11.2 Å². The molecule has 2 rings (SSSR count). The van der Waals surface area contributed by atoms with E-state index in [0.717, 1.165) is 0 Å². The van der Waals surface area contributed by atoms with Crippen molar-refractivity contribution in [1.82, 2.24) is 0 Å². The third-order valence-electron chi connectivity index (χ3n) is 2.62. The van der Waals surface area contributed by atoms with E-state index in [9.17, 15) is 26.7 Å². The maximum absolute atomic E-state index is 13.4. The first kappa shape index (κ1) is 16.4. The highest BCUT2D eigenvalue weighted by Crippen LogP contribution is 2.29. The molecule has 0 spiro atoms. The van der Waals surface area contributed by atoms with Gasteiger partial charge in [0.15, 0.2) is 0 Å². The lowest BCUT2D eigenvalue weighted by molar-refractivity contribution is -0.134. The zero-order valence-corrected chi connectivity index (χ0v) is 12.2. The topological polar surface area (TPSA) is 26.3 Å².